The zero-order valence-corrected chi connectivity index (χ0v) is 8.92. The first-order valence-electron chi connectivity index (χ1n) is 4.41. The lowest BCUT2D eigenvalue weighted by molar-refractivity contribution is 0.663. The summed E-state index contributed by atoms with van der Waals surface area (Å²) in [4.78, 5) is 3.89. The first-order valence-corrected chi connectivity index (χ1v) is 5.18. The van der Waals surface area contributed by atoms with E-state index in [1.807, 2.05) is 30.6 Å². The number of aromatic amines is 1. The lowest BCUT2D eigenvalue weighted by Crippen LogP contribution is -1.86. The van der Waals surface area contributed by atoms with Crippen molar-refractivity contribution in [3.05, 3.63) is 53.9 Å². The minimum atomic E-state index is 0. The highest BCUT2D eigenvalue weighted by Crippen LogP contribution is 2.21. The van der Waals surface area contributed by atoms with Gasteiger partial charge in [-0.3, -0.25) is 0 Å². The van der Waals surface area contributed by atoms with Crippen LogP contribution in [-0.2, 0) is 6.42 Å². The van der Waals surface area contributed by atoms with Crippen LogP contribution in [0.1, 0.15) is 11.1 Å². The van der Waals surface area contributed by atoms with E-state index in [4.69, 9.17) is 4.55 Å². The quantitative estimate of drug-likeness (QED) is 0.784. The molecule has 0 atom stereocenters. The number of nitrogens with one attached hydrogen (secondary N) is 1. The minimum Gasteiger partial charge on any atom is -0.412 e. The summed E-state index contributed by atoms with van der Waals surface area (Å²) in [5.74, 6) is 0. The fraction of sp³-hybridized carbons (Fsp3) is 0.0909. The second kappa shape index (κ2) is 5.60. The van der Waals surface area contributed by atoms with Crippen LogP contribution in [0.2, 0.25) is 0 Å². The van der Waals surface area contributed by atoms with E-state index in [2.05, 4.69) is 17.1 Å². The molecule has 1 heterocycles. The molecular weight excluding hydrogens is 210 g/mol. The fourth-order valence-electron chi connectivity index (χ4n) is 1.42. The molecule has 1 aromatic heterocycles. The van der Waals surface area contributed by atoms with Gasteiger partial charge in [0.15, 0.2) is 0 Å². The molecule has 0 saturated carbocycles. The molecule has 80 valence electrons. The lowest BCUT2D eigenvalue weighted by atomic mass is 10.1. The van der Waals surface area contributed by atoms with E-state index in [-0.39, 0.29) is 5.48 Å². The summed E-state index contributed by atoms with van der Waals surface area (Å²) >= 11 is 0.790. The molecule has 0 amide bonds. The number of benzene rings is 1. The summed E-state index contributed by atoms with van der Waals surface area (Å²) in [6.45, 7) is 0. The van der Waals surface area contributed by atoms with Crippen molar-refractivity contribution in [3.63, 3.8) is 0 Å². The van der Waals surface area contributed by atoms with E-state index in [1.165, 1.54) is 5.56 Å². The molecule has 2 rings (SSSR count). The second-order valence-corrected chi connectivity index (χ2v) is 3.72. The summed E-state index contributed by atoms with van der Waals surface area (Å²) in [6, 6.07) is 10.2. The number of hydrogen-bond donors (Lipinski definition) is 2. The Kier molecular flexibility index (Phi) is 4.42. The molecule has 0 bridgehead atoms. The van der Waals surface area contributed by atoms with Crippen molar-refractivity contribution in [2.24, 2.45) is 0 Å². The average molecular weight is 223 g/mol. The standard InChI is InChI=1S/C11H11NOS.H2O/c13-14-11-8-12-7-10(11)6-9-4-2-1-3-5-9;/h1-5,7-8,12-13H,6H2;1H2. The van der Waals surface area contributed by atoms with E-state index >= 15 is 0 Å². The van der Waals surface area contributed by atoms with Crippen molar-refractivity contribution in [1.82, 2.24) is 4.98 Å². The average Bonchev–Trinajstić information content (AvgIpc) is 2.67. The van der Waals surface area contributed by atoms with Crippen LogP contribution in [0.15, 0.2) is 47.6 Å². The van der Waals surface area contributed by atoms with Gasteiger partial charge in [0.25, 0.3) is 0 Å². The molecule has 0 aliphatic carbocycles. The smallest absolute Gasteiger partial charge is 0.0560 e. The topological polar surface area (TPSA) is 67.5 Å². The summed E-state index contributed by atoms with van der Waals surface area (Å²) in [6.07, 6.45) is 4.59. The monoisotopic (exact) mass is 223 g/mol. The SMILES string of the molecule is O.OSc1c[nH]cc1Cc1ccccc1. The Morgan fingerprint density at radius 2 is 1.87 bits per heavy atom. The first kappa shape index (κ1) is 11.8. The Morgan fingerprint density at radius 1 is 1.13 bits per heavy atom. The first-order chi connectivity index (χ1) is 6.90. The summed E-state index contributed by atoms with van der Waals surface area (Å²) in [7, 11) is 0. The maximum absolute atomic E-state index is 8.98. The maximum atomic E-state index is 8.98. The second-order valence-electron chi connectivity index (χ2n) is 3.10. The minimum absolute atomic E-state index is 0. The van der Waals surface area contributed by atoms with E-state index in [0.29, 0.717) is 0 Å². The molecule has 4 heteroatoms. The van der Waals surface area contributed by atoms with Gasteiger partial charge in [0, 0.05) is 30.9 Å². The van der Waals surface area contributed by atoms with Crippen molar-refractivity contribution in [2.45, 2.75) is 11.3 Å². The predicted molar refractivity (Wildman–Crippen MR) is 62.1 cm³/mol. The maximum Gasteiger partial charge on any atom is 0.0560 e. The van der Waals surface area contributed by atoms with Gasteiger partial charge in [0.1, 0.15) is 0 Å². The zero-order chi connectivity index (χ0) is 9.80. The molecule has 3 nitrogen and oxygen atoms in total. The molecule has 0 aliphatic heterocycles. The molecule has 0 spiro atoms. The molecule has 15 heavy (non-hydrogen) atoms. The number of H-pyrrole nitrogens is 1. The summed E-state index contributed by atoms with van der Waals surface area (Å²) in [5.41, 5.74) is 2.38. The van der Waals surface area contributed by atoms with Crippen LogP contribution in [-0.4, -0.2) is 15.0 Å². The molecular formula is C11H13NO2S. The van der Waals surface area contributed by atoms with Gasteiger partial charge < -0.3 is 15.0 Å². The van der Waals surface area contributed by atoms with E-state index in [0.717, 1.165) is 28.9 Å². The van der Waals surface area contributed by atoms with Crippen LogP contribution < -0.4 is 0 Å². The van der Waals surface area contributed by atoms with Crippen molar-refractivity contribution in [3.8, 4) is 0 Å². The van der Waals surface area contributed by atoms with E-state index < -0.39 is 0 Å². The third-order valence-corrected chi connectivity index (χ3v) is 2.70. The normalized spacial score (nSPS) is 9.67. The van der Waals surface area contributed by atoms with Crippen LogP contribution in [0.25, 0.3) is 0 Å². The molecule has 0 fully saturated rings. The Hall–Kier alpha value is -1.23. The molecule has 0 unspecified atom stereocenters. The molecule has 0 saturated heterocycles. The third kappa shape index (κ3) is 2.86. The Labute approximate surface area is 92.7 Å². The van der Waals surface area contributed by atoms with Crippen molar-refractivity contribution in [2.75, 3.05) is 0 Å². The largest absolute Gasteiger partial charge is 0.412 e. The molecule has 2 aromatic rings. The lowest BCUT2D eigenvalue weighted by Gasteiger charge is -2.00. The van der Waals surface area contributed by atoms with Gasteiger partial charge in [0.05, 0.1) is 4.90 Å². The molecule has 0 aliphatic rings. The van der Waals surface area contributed by atoms with Gasteiger partial charge in [-0.2, -0.15) is 0 Å². The highest BCUT2D eigenvalue weighted by atomic mass is 32.2. The summed E-state index contributed by atoms with van der Waals surface area (Å²) in [5, 5.41) is 0. The van der Waals surface area contributed by atoms with Gasteiger partial charge in [0.2, 0.25) is 0 Å². The van der Waals surface area contributed by atoms with Crippen LogP contribution in [0.5, 0.6) is 0 Å². The van der Waals surface area contributed by atoms with Crippen LogP contribution >= 0.6 is 12.0 Å². The van der Waals surface area contributed by atoms with Crippen molar-refractivity contribution in [1.29, 1.82) is 0 Å². The molecule has 4 N–H and O–H groups in total. The zero-order valence-electron chi connectivity index (χ0n) is 8.10. The Morgan fingerprint density at radius 3 is 2.53 bits per heavy atom. The predicted octanol–water partition coefficient (Wildman–Crippen LogP) is 2.35. The van der Waals surface area contributed by atoms with Crippen molar-refractivity contribution >= 4 is 12.0 Å². The molecule has 0 radical (unpaired) electrons. The fourth-order valence-corrected chi connectivity index (χ4v) is 1.79. The van der Waals surface area contributed by atoms with E-state index in [9.17, 15) is 0 Å². The van der Waals surface area contributed by atoms with Gasteiger partial charge in [-0.25, -0.2) is 0 Å². The highest BCUT2D eigenvalue weighted by molar-refractivity contribution is 7.93. The van der Waals surface area contributed by atoms with Crippen LogP contribution in [0, 0.1) is 0 Å². The highest BCUT2D eigenvalue weighted by Gasteiger charge is 2.03. The van der Waals surface area contributed by atoms with E-state index in [1.54, 1.807) is 0 Å². The van der Waals surface area contributed by atoms with Gasteiger partial charge in [-0.1, -0.05) is 30.3 Å². The third-order valence-electron chi connectivity index (χ3n) is 2.12. The Bertz CT molecular complexity index is 400. The summed E-state index contributed by atoms with van der Waals surface area (Å²) < 4.78 is 8.98. The van der Waals surface area contributed by atoms with Gasteiger partial charge in [-0.05, 0) is 11.1 Å². The number of aromatic nitrogens is 1. The molecule has 1 aromatic carbocycles. The van der Waals surface area contributed by atoms with Crippen LogP contribution in [0.3, 0.4) is 0 Å². The van der Waals surface area contributed by atoms with Gasteiger partial charge >= 0.3 is 0 Å². The number of rotatable bonds is 3. The Balaban J connectivity index is 0.00000112. The van der Waals surface area contributed by atoms with Crippen LogP contribution in [0.4, 0.5) is 0 Å². The number of hydrogen-bond acceptors (Lipinski definition) is 2. The van der Waals surface area contributed by atoms with Gasteiger partial charge in [-0.15, -0.1) is 0 Å². The van der Waals surface area contributed by atoms with Crippen molar-refractivity contribution < 1.29 is 10.0 Å².